The molecule has 0 aromatic heterocycles. The molecule has 2 N–H and O–H groups in total. The minimum absolute atomic E-state index is 0.0561. The average Bonchev–Trinajstić information content (AvgIpc) is 2.78. The van der Waals surface area contributed by atoms with Crippen LogP contribution in [0.25, 0.3) is 0 Å². The van der Waals surface area contributed by atoms with Gasteiger partial charge in [0.25, 0.3) is 5.91 Å². The molecule has 1 aromatic carbocycles. The first-order valence-electron chi connectivity index (χ1n) is 10.5. The van der Waals surface area contributed by atoms with Gasteiger partial charge in [-0.05, 0) is 37.2 Å². The molecule has 9 heteroatoms. The van der Waals surface area contributed by atoms with Crippen molar-refractivity contribution < 1.29 is 23.9 Å². The zero-order valence-electron chi connectivity index (χ0n) is 18.1. The number of ether oxygens (including phenoxy) is 2. The van der Waals surface area contributed by atoms with Gasteiger partial charge in [-0.25, -0.2) is 0 Å². The fraction of sp³-hybridized carbons (Fsp3) is 0.545. The van der Waals surface area contributed by atoms with E-state index in [0.29, 0.717) is 17.9 Å². The highest BCUT2D eigenvalue weighted by Gasteiger charge is 2.24. The Hall–Kier alpha value is -2.52. The zero-order valence-corrected chi connectivity index (χ0v) is 19.0. The van der Waals surface area contributed by atoms with Gasteiger partial charge >= 0.3 is 5.97 Å². The van der Waals surface area contributed by atoms with Crippen LogP contribution in [0.5, 0.6) is 0 Å². The molecule has 170 valence electrons. The fourth-order valence-electron chi connectivity index (χ4n) is 3.47. The van der Waals surface area contributed by atoms with Crippen LogP contribution in [0.15, 0.2) is 24.3 Å². The highest BCUT2D eigenvalue weighted by Crippen LogP contribution is 2.25. The maximum Gasteiger partial charge on any atom is 0.306 e. The molecule has 2 rings (SSSR count). The summed E-state index contributed by atoms with van der Waals surface area (Å²) in [6, 6.07) is 7.31. The number of rotatable bonds is 9. The molecule has 1 fully saturated rings. The Morgan fingerprint density at radius 2 is 1.81 bits per heavy atom. The van der Waals surface area contributed by atoms with Gasteiger partial charge in [-0.15, -0.1) is 0 Å². The number of anilines is 1. The van der Waals surface area contributed by atoms with Crippen LogP contribution < -0.4 is 10.6 Å². The number of hydrogen-bond donors (Lipinski definition) is 2. The van der Waals surface area contributed by atoms with Gasteiger partial charge in [0.2, 0.25) is 5.91 Å². The summed E-state index contributed by atoms with van der Waals surface area (Å²) in [5, 5.41) is 5.53. The number of benzene rings is 1. The van der Waals surface area contributed by atoms with E-state index in [-0.39, 0.29) is 36.5 Å². The Bertz CT molecular complexity index is 780. The van der Waals surface area contributed by atoms with Crippen molar-refractivity contribution in [3.05, 3.63) is 29.8 Å². The molecule has 0 heterocycles. The first-order valence-corrected chi connectivity index (χ1v) is 10.9. The van der Waals surface area contributed by atoms with Crippen LogP contribution in [0.3, 0.4) is 0 Å². The van der Waals surface area contributed by atoms with E-state index in [0.717, 1.165) is 25.7 Å². The van der Waals surface area contributed by atoms with Crippen molar-refractivity contribution in [2.24, 2.45) is 0 Å². The van der Waals surface area contributed by atoms with Crippen molar-refractivity contribution in [2.45, 2.75) is 51.0 Å². The smallest absolute Gasteiger partial charge is 0.306 e. The van der Waals surface area contributed by atoms with Gasteiger partial charge in [-0.2, -0.15) is 0 Å². The number of carbonyl (C=O) groups excluding carboxylic acids is 3. The summed E-state index contributed by atoms with van der Waals surface area (Å²) in [7, 11) is 3.34. The minimum atomic E-state index is -0.479. The van der Waals surface area contributed by atoms with E-state index in [1.165, 1.54) is 13.5 Å². The number of methoxy groups -OCH3 is 1. The molecule has 0 spiro atoms. The van der Waals surface area contributed by atoms with Crippen LogP contribution in [0.1, 0.15) is 55.3 Å². The third-order valence-electron chi connectivity index (χ3n) is 5.21. The molecule has 1 saturated carbocycles. The van der Waals surface area contributed by atoms with Crippen LogP contribution in [0.2, 0.25) is 0 Å². The fourth-order valence-corrected chi connectivity index (χ4v) is 3.70. The molecular weight excluding hydrogens is 418 g/mol. The SMILES string of the molecule is COCCOC(=O)CCC(=O)NC(=S)Nc1ccccc1C(=O)N(C)C1CCCCC1. The summed E-state index contributed by atoms with van der Waals surface area (Å²) in [5.41, 5.74) is 1.02. The Balaban J connectivity index is 1.88. The van der Waals surface area contributed by atoms with Gasteiger partial charge in [0, 0.05) is 26.6 Å². The van der Waals surface area contributed by atoms with Gasteiger partial charge < -0.3 is 25.0 Å². The summed E-state index contributed by atoms with van der Waals surface area (Å²) in [5.74, 6) is -0.972. The molecular formula is C22H31N3O5S. The lowest BCUT2D eigenvalue weighted by atomic mass is 9.94. The summed E-state index contributed by atoms with van der Waals surface area (Å²) in [4.78, 5) is 38.5. The van der Waals surface area contributed by atoms with E-state index in [1.807, 2.05) is 7.05 Å². The van der Waals surface area contributed by atoms with Gasteiger partial charge in [0.05, 0.1) is 24.3 Å². The van der Waals surface area contributed by atoms with Crippen molar-refractivity contribution in [2.75, 3.05) is 32.7 Å². The molecule has 0 bridgehead atoms. The molecule has 0 radical (unpaired) electrons. The van der Waals surface area contributed by atoms with E-state index < -0.39 is 11.9 Å². The Kier molecular flexibility index (Phi) is 10.4. The number of para-hydroxylation sites is 1. The first-order chi connectivity index (χ1) is 14.9. The number of thiocarbonyl (C=S) groups is 1. The number of amides is 2. The summed E-state index contributed by atoms with van der Waals surface area (Å²) in [6.07, 6.45) is 5.41. The third kappa shape index (κ3) is 8.26. The van der Waals surface area contributed by atoms with E-state index in [4.69, 9.17) is 21.7 Å². The van der Waals surface area contributed by atoms with Crippen LogP contribution in [0, 0.1) is 0 Å². The lowest BCUT2D eigenvalue weighted by Crippen LogP contribution is -2.39. The summed E-state index contributed by atoms with van der Waals surface area (Å²) < 4.78 is 9.71. The second-order valence-electron chi connectivity index (χ2n) is 7.47. The molecule has 0 unspecified atom stereocenters. The van der Waals surface area contributed by atoms with Gasteiger partial charge in [-0.1, -0.05) is 31.4 Å². The second-order valence-corrected chi connectivity index (χ2v) is 7.88. The second kappa shape index (κ2) is 13.0. The largest absolute Gasteiger partial charge is 0.463 e. The predicted molar refractivity (Wildman–Crippen MR) is 122 cm³/mol. The highest BCUT2D eigenvalue weighted by atomic mass is 32.1. The molecule has 31 heavy (non-hydrogen) atoms. The number of esters is 1. The Labute approximate surface area is 188 Å². The third-order valence-corrected chi connectivity index (χ3v) is 5.41. The molecule has 1 aliphatic carbocycles. The zero-order chi connectivity index (χ0) is 22.6. The van der Waals surface area contributed by atoms with Crippen LogP contribution in [-0.4, -0.2) is 61.2 Å². The van der Waals surface area contributed by atoms with Crippen molar-refractivity contribution in [1.29, 1.82) is 0 Å². The molecule has 8 nitrogen and oxygen atoms in total. The molecule has 0 saturated heterocycles. The molecule has 0 aliphatic heterocycles. The summed E-state index contributed by atoms with van der Waals surface area (Å²) >= 11 is 5.21. The molecule has 1 aliphatic rings. The van der Waals surface area contributed by atoms with Gasteiger partial charge in [0.1, 0.15) is 6.61 Å². The van der Waals surface area contributed by atoms with Gasteiger partial charge in [-0.3, -0.25) is 14.4 Å². The maximum absolute atomic E-state index is 13.0. The topological polar surface area (TPSA) is 97.0 Å². The van der Waals surface area contributed by atoms with Gasteiger partial charge in [0.15, 0.2) is 5.11 Å². The normalized spacial score (nSPS) is 13.9. The van der Waals surface area contributed by atoms with Crippen molar-refractivity contribution in [1.82, 2.24) is 10.2 Å². The van der Waals surface area contributed by atoms with Crippen LogP contribution in [-0.2, 0) is 19.1 Å². The quantitative estimate of drug-likeness (QED) is 0.340. The standard InChI is InChI=1S/C22H31N3O5S/c1-25(16-8-4-3-5-9-16)21(28)17-10-6-7-11-18(17)23-22(31)24-19(26)12-13-20(27)30-15-14-29-2/h6-7,10-11,16H,3-5,8-9,12-15H2,1-2H3,(H2,23,24,26,31). The maximum atomic E-state index is 13.0. The van der Waals surface area contributed by atoms with E-state index in [9.17, 15) is 14.4 Å². The minimum Gasteiger partial charge on any atom is -0.463 e. The van der Waals surface area contributed by atoms with E-state index >= 15 is 0 Å². The predicted octanol–water partition coefficient (Wildman–Crippen LogP) is 2.87. The molecule has 0 atom stereocenters. The highest BCUT2D eigenvalue weighted by molar-refractivity contribution is 7.80. The first kappa shape index (κ1) is 24.7. The van der Waals surface area contributed by atoms with E-state index in [2.05, 4.69) is 10.6 Å². The Morgan fingerprint density at radius 1 is 1.10 bits per heavy atom. The lowest BCUT2D eigenvalue weighted by Gasteiger charge is -2.31. The summed E-state index contributed by atoms with van der Waals surface area (Å²) in [6.45, 7) is 0.455. The van der Waals surface area contributed by atoms with Crippen LogP contribution >= 0.6 is 12.2 Å². The molecule has 1 aromatic rings. The van der Waals surface area contributed by atoms with Crippen molar-refractivity contribution in [3.8, 4) is 0 Å². The van der Waals surface area contributed by atoms with Crippen molar-refractivity contribution >= 4 is 40.8 Å². The van der Waals surface area contributed by atoms with E-state index in [1.54, 1.807) is 29.2 Å². The van der Waals surface area contributed by atoms with Crippen LogP contribution in [0.4, 0.5) is 5.69 Å². The van der Waals surface area contributed by atoms with Crippen molar-refractivity contribution in [3.63, 3.8) is 0 Å². The Morgan fingerprint density at radius 3 is 2.52 bits per heavy atom. The number of nitrogens with one attached hydrogen (secondary N) is 2. The lowest BCUT2D eigenvalue weighted by molar-refractivity contribution is -0.146. The molecule has 2 amide bonds. The monoisotopic (exact) mass is 449 g/mol. The average molecular weight is 450 g/mol. The number of nitrogens with zero attached hydrogens (tertiary/aromatic N) is 1. The number of carbonyl (C=O) groups is 3. The number of hydrogen-bond acceptors (Lipinski definition) is 6.